The molecule has 0 radical (unpaired) electrons. The summed E-state index contributed by atoms with van der Waals surface area (Å²) in [4.78, 5) is 0. The van der Waals surface area contributed by atoms with Crippen LogP contribution >= 0.6 is 11.8 Å². The van der Waals surface area contributed by atoms with Gasteiger partial charge in [0.2, 0.25) is 0 Å². The molecule has 17 heavy (non-hydrogen) atoms. The lowest BCUT2D eigenvalue weighted by Crippen LogP contribution is -2.46. The van der Waals surface area contributed by atoms with Crippen LogP contribution in [0.15, 0.2) is 0 Å². The molecule has 0 aliphatic carbocycles. The molecule has 1 N–H and O–H groups in total. The summed E-state index contributed by atoms with van der Waals surface area (Å²) in [6.07, 6.45) is 4.11. The zero-order valence-corrected chi connectivity index (χ0v) is 12.7. The first-order valence-corrected chi connectivity index (χ1v) is 8.10. The molecule has 1 heterocycles. The lowest BCUT2D eigenvalue weighted by atomic mass is 9.82. The van der Waals surface area contributed by atoms with E-state index >= 15 is 0 Å². The number of rotatable bonds is 7. The highest BCUT2D eigenvalue weighted by Crippen LogP contribution is 2.33. The number of unbranched alkanes of at least 4 members (excludes halogenated alkanes) is 1. The minimum absolute atomic E-state index is 0.372. The number of nitrogens with one attached hydrogen (secondary N) is 1. The Labute approximate surface area is 111 Å². The van der Waals surface area contributed by atoms with Crippen molar-refractivity contribution in [3.05, 3.63) is 0 Å². The van der Waals surface area contributed by atoms with Gasteiger partial charge in [-0.25, -0.2) is 0 Å². The van der Waals surface area contributed by atoms with Gasteiger partial charge >= 0.3 is 0 Å². The lowest BCUT2D eigenvalue weighted by molar-refractivity contribution is 0.0757. The molecule has 1 saturated heterocycles. The average Bonchev–Trinajstić information content (AvgIpc) is 2.24. The monoisotopic (exact) mass is 259 g/mol. The number of thioether (sulfide) groups is 1. The lowest BCUT2D eigenvalue weighted by Gasteiger charge is -2.39. The van der Waals surface area contributed by atoms with Crippen molar-refractivity contribution < 1.29 is 4.74 Å². The van der Waals surface area contributed by atoms with E-state index in [1.54, 1.807) is 0 Å². The van der Waals surface area contributed by atoms with Gasteiger partial charge in [-0.15, -0.1) is 0 Å². The van der Waals surface area contributed by atoms with Crippen LogP contribution in [0.1, 0.15) is 47.0 Å². The molecule has 0 aromatic carbocycles. The second kappa shape index (κ2) is 7.65. The van der Waals surface area contributed by atoms with Crippen molar-refractivity contribution >= 4 is 11.8 Å². The Morgan fingerprint density at radius 2 is 2.12 bits per heavy atom. The predicted molar refractivity (Wildman–Crippen MR) is 77.8 cm³/mol. The van der Waals surface area contributed by atoms with Crippen molar-refractivity contribution in [2.75, 3.05) is 24.7 Å². The highest BCUT2D eigenvalue weighted by molar-refractivity contribution is 7.99. The number of hydrogen-bond donors (Lipinski definition) is 1. The van der Waals surface area contributed by atoms with Crippen LogP contribution in [-0.2, 0) is 4.74 Å². The largest absolute Gasteiger partial charge is 0.379 e. The van der Waals surface area contributed by atoms with Gasteiger partial charge in [-0.2, -0.15) is 11.8 Å². The molecule has 0 bridgehead atoms. The zero-order valence-electron chi connectivity index (χ0n) is 11.9. The van der Waals surface area contributed by atoms with Gasteiger partial charge in [0.1, 0.15) is 0 Å². The van der Waals surface area contributed by atoms with Crippen molar-refractivity contribution in [3.8, 4) is 0 Å². The van der Waals surface area contributed by atoms with Gasteiger partial charge in [0, 0.05) is 18.4 Å². The van der Waals surface area contributed by atoms with Crippen LogP contribution < -0.4 is 5.32 Å². The first kappa shape index (κ1) is 15.3. The highest BCUT2D eigenvalue weighted by Gasteiger charge is 2.31. The maximum absolute atomic E-state index is 5.54. The molecule has 0 spiro atoms. The zero-order chi connectivity index (χ0) is 12.7. The Morgan fingerprint density at radius 1 is 1.35 bits per heavy atom. The van der Waals surface area contributed by atoms with Crippen LogP contribution in [0.3, 0.4) is 0 Å². The van der Waals surface area contributed by atoms with E-state index < -0.39 is 0 Å². The molecule has 1 atom stereocenters. The molecule has 1 rings (SSSR count). The molecule has 0 aromatic rings. The van der Waals surface area contributed by atoms with Gasteiger partial charge in [0.15, 0.2) is 0 Å². The Hall–Kier alpha value is 0.270. The van der Waals surface area contributed by atoms with E-state index in [2.05, 4.69) is 44.8 Å². The summed E-state index contributed by atoms with van der Waals surface area (Å²) in [6, 6.07) is 0.687. The predicted octanol–water partition coefficient (Wildman–Crippen LogP) is 3.31. The van der Waals surface area contributed by atoms with E-state index in [4.69, 9.17) is 4.74 Å². The fraction of sp³-hybridized carbons (Fsp3) is 1.00. The maximum Gasteiger partial charge on any atom is 0.0518 e. The number of hydrogen-bond acceptors (Lipinski definition) is 3. The second-order valence-electron chi connectivity index (χ2n) is 5.95. The summed E-state index contributed by atoms with van der Waals surface area (Å²) in [5.41, 5.74) is 0.472. The Kier molecular flexibility index (Phi) is 6.90. The maximum atomic E-state index is 5.54. The third-order valence-electron chi connectivity index (χ3n) is 3.53. The van der Waals surface area contributed by atoms with Crippen molar-refractivity contribution in [1.82, 2.24) is 5.32 Å². The minimum atomic E-state index is 0.372. The Morgan fingerprint density at radius 3 is 2.76 bits per heavy atom. The summed E-state index contributed by atoms with van der Waals surface area (Å²) in [6.45, 7) is 11.0. The number of ether oxygens (including phenoxy) is 1. The molecule has 0 aromatic heterocycles. The van der Waals surface area contributed by atoms with Crippen molar-refractivity contribution in [3.63, 3.8) is 0 Å². The summed E-state index contributed by atoms with van der Waals surface area (Å²) in [5, 5.41) is 3.72. The summed E-state index contributed by atoms with van der Waals surface area (Å²) in [7, 11) is 0. The van der Waals surface area contributed by atoms with Crippen molar-refractivity contribution in [2.45, 2.75) is 59.1 Å². The molecule has 3 heteroatoms. The molecular formula is C14H29NOS. The average molecular weight is 259 g/mol. The van der Waals surface area contributed by atoms with Crippen molar-refractivity contribution in [2.24, 2.45) is 5.41 Å². The van der Waals surface area contributed by atoms with Gasteiger partial charge in [-0.3, -0.25) is 0 Å². The van der Waals surface area contributed by atoms with Gasteiger partial charge < -0.3 is 10.1 Å². The third kappa shape index (κ3) is 6.12. The SMILES string of the molecule is CC(C)OCCCCNC1CSCCC1(C)C. The fourth-order valence-electron chi connectivity index (χ4n) is 2.09. The second-order valence-corrected chi connectivity index (χ2v) is 7.10. The molecule has 1 aliphatic rings. The van der Waals surface area contributed by atoms with Gasteiger partial charge in [-0.05, 0) is 50.8 Å². The first-order valence-electron chi connectivity index (χ1n) is 6.95. The third-order valence-corrected chi connectivity index (χ3v) is 4.59. The normalized spacial score (nSPS) is 24.2. The van der Waals surface area contributed by atoms with Crippen LogP contribution in [0.5, 0.6) is 0 Å². The highest BCUT2D eigenvalue weighted by atomic mass is 32.2. The minimum Gasteiger partial charge on any atom is -0.379 e. The van der Waals surface area contributed by atoms with E-state index in [1.807, 2.05) is 0 Å². The van der Waals surface area contributed by atoms with Gasteiger partial charge in [-0.1, -0.05) is 13.8 Å². The molecule has 1 unspecified atom stereocenters. The quantitative estimate of drug-likeness (QED) is 0.709. The summed E-state index contributed by atoms with van der Waals surface area (Å²) < 4.78 is 5.54. The smallest absolute Gasteiger partial charge is 0.0518 e. The molecule has 0 amide bonds. The topological polar surface area (TPSA) is 21.3 Å². The summed E-state index contributed by atoms with van der Waals surface area (Å²) >= 11 is 2.09. The van der Waals surface area contributed by atoms with Crippen LogP contribution in [0.25, 0.3) is 0 Å². The van der Waals surface area contributed by atoms with Gasteiger partial charge in [0.25, 0.3) is 0 Å². The van der Waals surface area contributed by atoms with E-state index in [9.17, 15) is 0 Å². The van der Waals surface area contributed by atoms with E-state index in [-0.39, 0.29) is 0 Å². The molecule has 0 saturated carbocycles. The van der Waals surface area contributed by atoms with E-state index in [0.29, 0.717) is 17.6 Å². The van der Waals surface area contributed by atoms with Gasteiger partial charge in [0.05, 0.1) is 6.10 Å². The van der Waals surface area contributed by atoms with Crippen LogP contribution in [0, 0.1) is 5.41 Å². The molecule has 1 fully saturated rings. The molecule has 1 aliphatic heterocycles. The van der Waals surface area contributed by atoms with Crippen LogP contribution in [-0.4, -0.2) is 36.8 Å². The Balaban J connectivity index is 2.05. The van der Waals surface area contributed by atoms with E-state index in [0.717, 1.165) is 13.2 Å². The van der Waals surface area contributed by atoms with Crippen molar-refractivity contribution in [1.29, 1.82) is 0 Å². The molecule has 102 valence electrons. The fourth-order valence-corrected chi connectivity index (χ4v) is 3.74. The standard InChI is InChI=1S/C14H29NOS/c1-12(2)16-9-6-5-8-15-13-11-17-10-7-14(13,3)4/h12-13,15H,5-11H2,1-4H3. The van der Waals surface area contributed by atoms with Crippen LogP contribution in [0.4, 0.5) is 0 Å². The first-order chi connectivity index (χ1) is 8.02. The van der Waals surface area contributed by atoms with Crippen LogP contribution in [0.2, 0.25) is 0 Å². The van der Waals surface area contributed by atoms with E-state index in [1.165, 1.54) is 30.8 Å². The Bertz CT molecular complexity index is 206. The molecular weight excluding hydrogens is 230 g/mol. The summed E-state index contributed by atoms with van der Waals surface area (Å²) in [5.74, 6) is 2.60. The molecule has 2 nitrogen and oxygen atoms in total.